The Kier molecular flexibility index (Phi) is 6.57. The molecule has 0 unspecified atom stereocenters. The van der Waals surface area contributed by atoms with Gasteiger partial charge >= 0.3 is 5.97 Å². The van der Waals surface area contributed by atoms with Gasteiger partial charge in [-0.1, -0.05) is 32.0 Å². The van der Waals surface area contributed by atoms with Gasteiger partial charge in [0.2, 0.25) is 0 Å². The number of hydrogen-bond acceptors (Lipinski definition) is 5. The Morgan fingerprint density at radius 1 is 1.15 bits per heavy atom. The van der Waals surface area contributed by atoms with Crippen LogP contribution >= 0.6 is 0 Å². The number of sulfonamides is 1. The van der Waals surface area contributed by atoms with Gasteiger partial charge in [0.05, 0.1) is 16.1 Å². The fourth-order valence-corrected chi connectivity index (χ4v) is 3.64. The number of rotatable bonds is 9. The van der Waals surface area contributed by atoms with E-state index in [1.807, 2.05) is 18.7 Å². The molecule has 2 aromatic rings. The van der Waals surface area contributed by atoms with E-state index in [0.29, 0.717) is 18.9 Å². The Morgan fingerprint density at radius 2 is 1.77 bits per heavy atom. The molecule has 0 aliphatic carbocycles. The summed E-state index contributed by atoms with van der Waals surface area (Å²) in [5.41, 5.74) is 0.0862. The molecule has 0 aliphatic rings. The largest absolute Gasteiger partial charge is 0.478 e. The summed E-state index contributed by atoms with van der Waals surface area (Å²) < 4.78 is 27.8. The topological polar surface area (TPSA) is 99.6 Å². The minimum atomic E-state index is -3.85. The highest BCUT2D eigenvalue weighted by Crippen LogP contribution is 2.27. The van der Waals surface area contributed by atoms with Crippen LogP contribution in [0.3, 0.4) is 0 Å². The van der Waals surface area contributed by atoms with Gasteiger partial charge in [0, 0.05) is 19.3 Å². The second-order valence-electron chi connectivity index (χ2n) is 5.81. The van der Waals surface area contributed by atoms with Crippen molar-refractivity contribution in [2.75, 3.05) is 22.7 Å². The number of carbonyl (C=O) groups is 1. The zero-order valence-electron chi connectivity index (χ0n) is 14.8. The second-order valence-corrected chi connectivity index (χ2v) is 7.49. The summed E-state index contributed by atoms with van der Waals surface area (Å²) in [6.07, 6.45) is 2.96. The van der Waals surface area contributed by atoms with Crippen molar-refractivity contribution < 1.29 is 18.3 Å². The maximum absolute atomic E-state index is 12.7. The van der Waals surface area contributed by atoms with Crippen LogP contribution in [0.25, 0.3) is 0 Å². The minimum Gasteiger partial charge on any atom is -0.478 e. The lowest BCUT2D eigenvalue weighted by Crippen LogP contribution is -2.28. The van der Waals surface area contributed by atoms with Gasteiger partial charge in [-0.15, -0.1) is 0 Å². The first-order chi connectivity index (χ1) is 12.4. The van der Waals surface area contributed by atoms with E-state index in [2.05, 4.69) is 9.71 Å². The van der Waals surface area contributed by atoms with Crippen LogP contribution in [0.5, 0.6) is 0 Å². The number of nitrogens with one attached hydrogen (secondary N) is 1. The molecule has 8 heteroatoms. The Labute approximate surface area is 153 Å². The molecular weight excluding hydrogens is 354 g/mol. The van der Waals surface area contributed by atoms with Crippen LogP contribution in [0.1, 0.15) is 37.0 Å². The smallest absolute Gasteiger partial charge is 0.337 e. The Balaban J connectivity index is 2.49. The number of pyridine rings is 1. The van der Waals surface area contributed by atoms with Crippen LogP contribution in [-0.2, 0) is 10.0 Å². The molecule has 0 spiro atoms. The van der Waals surface area contributed by atoms with Crippen molar-refractivity contribution in [3.63, 3.8) is 0 Å². The molecule has 1 aromatic heterocycles. The molecule has 0 aliphatic heterocycles. The lowest BCUT2D eigenvalue weighted by atomic mass is 10.2. The monoisotopic (exact) mass is 377 g/mol. The molecule has 2 N–H and O–H groups in total. The molecule has 2 rings (SSSR count). The third kappa shape index (κ3) is 4.72. The van der Waals surface area contributed by atoms with Crippen molar-refractivity contribution in [1.82, 2.24) is 4.98 Å². The lowest BCUT2D eigenvalue weighted by molar-refractivity contribution is 0.0696. The maximum Gasteiger partial charge on any atom is 0.337 e. The summed E-state index contributed by atoms with van der Waals surface area (Å²) in [6.45, 7) is 5.41. The molecule has 0 radical (unpaired) electrons. The summed E-state index contributed by atoms with van der Waals surface area (Å²) in [5.74, 6) is -0.736. The Hall–Kier alpha value is -2.61. The highest BCUT2D eigenvalue weighted by atomic mass is 32.2. The van der Waals surface area contributed by atoms with E-state index in [4.69, 9.17) is 0 Å². The van der Waals surface area contributed by atoms with Crippen molar-refractivity contribution in [1.29, 1.82) is 0 Å². The normalized spacial score (nSPS) is 11.2. The fourth-order valence-electron chi connectivity index (χ4n) is 2.57. The minimum absolute atomic E-state index is 0.0764. The van der Waals surface area contributed by atoms with Crippen molar-refractivity contribution in [2.24, 2.45) is 0 Å². The molecule has 1 heterocycles. The third-order valence-corrected chi connectivity index (χ3v) is 5.08. The lowest BCUT2D eigenvalue weighted by Gasteiger charge is -2.25. The molecule has 0 amide bonds. The molecule has 0 saturated heterocycles. The third-order valence-electron chi connectivity index (χ3n) is 3.70. The molecule has 0 saturated carbocycles. The fraction of sp³-hybridized carbons (Fsp3) is 0.333. The molecule has 7 nitrogen and oxygen atoms in total. The van der Waals surface area contributed by atoms with Gasteiger partial charge in [-0.2, -0.15) is 0 Å². The number of benzene rings is 1. The van der Waals surface area contributed by atoms with E-state index >= 15 is 0 Å². The summed E-state index contributed by atoms with van der Waals surface area (Å²) in [5, 5.41) is 9.23. The van der Waals surface area contributed by atoms with Crippen molar-refractivity contribution in [2.45, 2.75) is 31.6 Å². The number of carboxylic acid groups (broad SMARTS) is 1. The summed E-state index contributed by atoms with van der Waals surface area (Å²) in [4.78, 5) is 17.6. The first-order valence-corrected chi connectivity index (χ1v) is 9.93. The van der Waals surface area contributed by atoms with Gasteiger partial charge < -0.3 is 10.0 Å². The second kappa shape index (κ2) is 8.66. The summed E-state index contributed by atoms with van der Waals surface area (Å²) >= 11 is 0. The van der Waals surface area contributed by atoms with Gasteiger partial charge in [-0.3, -0.25) is 4.72 Å². The van der Waals surface area contributed by atoms with Crippen LogP contribution in [0.15, 0.2) is 47.5 Å². The Morgan fingerprint density at radius 3 is 2.31 bits per heavy atom. The van der Waals surface area contributed by atoms with Crippen LogP contribution in [0.2, 0.25) is 0 Å². The molecule has 1 aromatic carbocycles. The standard InChI is InChI=1S/C18H23N3O4S/c1-3-10-21(11-4-2)17-16(12-14(13-19-17)18(22)23)20-26(24,25)15-8-6-5-7-9-15/h5-9,12-13,20H,3-4,10-11H2,1-2H3,(H,22,23). The highest BCUT2D eigenvalue weighted by molar-refractivity contribution is 7.92. The molecule has 0 atom stereocenters. The molecule has 140 valence electrons. The number of anilines is 2. The van der Waals surface area contributed by atoms with Crippen molar-refractivity contribution in [3.8, 4) is 0 Å². The van der Waals surface area contributed by atoms with E-state index in [1.54, 1.807) is 18.2 Å². The number of carboxylic acids is 1. The highest BCUT2D eigenvalue weighted by Gasteiger charge is 2.20. The number of hydrogen-bond donors (Lipinski definition) is 2. The van der Waals surface area contributed by atoms with Crippen LogP contribution in [0.4, 0.5) is 11.5 Å². The SMILES string of the molecule is CCCN(CCC)c1ncc(C(=O)O)cc1NS(=O)(=O)c1ccccc1. The maximum atomic E-state index is 12.7. The summed E-state index contributed by atoms with van der Waals surface area (Å²) in [6, 6.07) is 9.24. The van der Waals surface area contributed by atoms with E-state index in [9.17, 15) is 18.3 Å². The quantitative estimate of drug-likeness (QED) is 0.696. The predicted octanol–water partition coefficient (Wildman–Crippen LogP) is 3.21. The van der Waals surface area contributed by atoms with Crippen LogP contribution < -0.4 is 9.62 Å². The van der Waals surface area contributed by atoms with Crippen LogP contribution in [-0.4, -0.2) is 37.6 Å². The molecule has 0 bridgehead atoms. The first kappa shape index (κ1) is 19.7. The number of nitrogens with zero attached hydrogens (tertiary/aromatic N) is 2. The average molecular weight is 377 g/mol. The Bertz CT molecular complexity index is 848. The zero-order valence-corrected chi connectivity index (χ0v) is 15.7. The first-order valence-electron chi connectivity index (χ1n) is 8.45. The van der Waals surface area contributed by atoms with Gasteiger partial charge in [-0.05, 0) is 31.0 Å². The van der Waals surface area contributed by atoms with Crippen molar-refractivity contribution >= 4 is 27.5 Å². The number of aromatic nitrogens is 1. The summed E-state index contributed by atoms with van der Waals surface area (Å²) in [7, 11) is -3.85. The average Bonchev–Trinajstić information content (AvgIpc) is 2.62. The van der Waals surface area contributed by atoms with Crippen LogP contribution in [0, 0.1) is 0 Å². The molecule has 26 heavy (non-hydrogen) atoms. The van der Waals surface area contributed by atoms with Gasteiger partial charge in [0.25, 0.3) is 10.0 Å². The van der Waals surface area contributed by atoms with E-state index in [0.717, 1.165) is 12.8 Å². The van der Waals surface area contributed by atoms with Gasteiger partial charge in [0.1, 0.15) is 0 Å². The van der Waals surface area contributed by atoms with Crippen molar-refractivity contribution in [3.05, 3.63) is 48.2 Å². The predicted molar refractivity (Wildman–Crippen MR) is 101 cm³/mol. The molecule has 0 fully saturated rings. The van der Waals surface area contributed by atoms with Gasteiger partial charge in [0.15, 0.2) is 5.82 Å². The van der Waals surface area contributed by atoms with E-state index < -0.39 is 16.0 Å². The molecular formula is C18H23N3O4S. The van der Waals surface area contributed by atoms with E-state index in [1.165, 1.54) is 24.4 Å². The zero-order chi connectivity index (χ0) is 19.2. The number of aromatic carboxylic acids is 1. The van der Waals surface area contributed by atoms with E-state index in [-0.39, 0.29) is 16.1 Å². The van der Waals surface area contributed by atoms with Gasteiger partial charge in [-0.25, -0.2) is 18.2 Å².